The van der Waals surface area contributed by atoms with Crippen LogP contribution in [-0.4, -0.2) is 36.5 Å². The Kier molecular flexibility index (Phi) is 3.55. The zero-order valence-corrected chi connectivity index (χ0v) is 11.5. The van der Waals surface area contributed by atoms with Crippen molar-refractivity contribution in [1.29, 1.82) is 0 Å². The highest BCUT2D eigenvalue weighted by molar-refractivity contribution is 7.89. The summed E-state index contributed by atoms with van der Waals surface area (Å²) in [5.74, 6) is -0.850. The molecular weight excluding hydrogens is 271 g/mol. The molecule has 7 heteroatoms. The van der Waals surface area contributed by atoms with Gasteiger partial charge in [-0.2, -0.15) is 4.31 Å². The molecule has 3 N–H and O–H groups in total. The standard InChI is InChI=1S/C12H17FN2O3S/c1-12(16)5-7-15(8-6-12)19(17,18)11-9(13)3-2-4-10(11)14/h2-4,16H,5-8,14H2,1H3. The number of piperidine rings is 1. The van der Waals surface area contributed by atoms with Crippen molar-refractivity contribution in [3.8, 4) is 0 Å². The molecule has 0 amide bonds. The molecule has 1 saturated heterocycles. The fraction of sp³-hybridized carbons (Fsp3) is 0.500. The summed E-state index contributed by atoms with van der Waals surface area (Å²) < 4.78 is 39.6. The SMILES string of the molecule is CC1(O)CCN(S(=O)(=O)c2c(N)cccc2F)CC1. The van der Waals surface area contributed by atoms with Crippen LogP contribution in [0, 0.1) is 5.82 Å². The second kappa shape index (κ2) is 4.73. The number of nitrogens with zero attached hydrogens (tertiary/aromatic N) is 1. The van der Waals surface area contributed by atoms with Crippen LogP contribution in [0.1, 0.15) is 19.8 Å². The van der Waals surface area contributed by atoms with Crippen molar-refractivity contribution in [3.05, 3.63) is 24.0 Å². The molecule has 0 saturated carbocycles. The van der Waals surface area contributed by atoms with Crippen molar-refractivity contribution >= 4 is 15.7 Å². The number of rotatable bonds is 2. The molecular formula is C12H17FN2O3S. The van der Waals surface area contributed by atoms with Crippen molar-refractivity contribution in [2.45, 2.75) is 30.3 Å². The van der Waals surface area contributed by atoms with Crippen LogP contribution in [0.2, 0.25) is 0 Å². The van der Waals surface area contributed by atoms with Gasteiger partial charge in [-0.1, -0.05) is 6.07 Å². The van der Waals surface area contributed by atoms with E-state index in [0.29, 0.717) is 12.8 Å². The van der Waals surface area contributed by atoms with Gasteiger partial charge in [0.15, 0.2) is 0 Å². The van der Waals surface area contributed by atoms with E-state index in [-0.39, 0.29) is 18.8 Å². The van der Waals surface area contributed by atoms with E-state index in [1.807, 2.05) is 0 Å². The minimum Gasteiger partial charge on any atom is -0.398 e. The van der Waals surface area contributed by atoms with E-state index in [9.17, 15) is 17.9 Å². The summed E-state index contributed by atoms with van der Waals surface area (Å²) in [6.07, 6.45) is 0.640. The lowest BCUT2D eigenvalue weighted by atomic mass is 9.95. The van der Waals surface area contributed by atoms with Crippen molar-refractivity contribution in [1.82, 2.24) is 4.31 Å². The molecule has 1 aliphatic heterocycles. The van der Waals surface area contributed by atoms with Gasteiger partial charge in [-0.25, -0.2) is 12.8 Å². The highest BCUT2D eigenvalue weighted by Gasteiger charge is 2.36. The molecule has 0 spiro atoms. The Balaban J connectivity index is 2.34. The monoisotopic (exact) mass is 288 g/mol. The van der Waals surface area contributed by atoms with Gasteiger partial charge in [0.25, 0.3) is 0 Å². The third kappa shape index (κ3) is 2.72. The maximum Gasteiger partial charge on any atom is 0.248 e. The van der Waals surface area contributed by atoms with Crippen molar-refractivity contribution in [3.63, 3.8) is 0 Å². The summed E-state index contributed by atoms with van der Waals surface area (Å²) in [7, 11) is -3.95. The number of nitrogens with two attached hydrogens (primary N) is 1. The second-order valence-electron chi connectivity index (χ2n) is 5.06. The predicted octanol–water partition coefficient (Wildman–Crippen LogP) is 0.943. The molecule has 1 heterocycles. The number of benzene rings is 1. The molecule has 0 aromatic heterocycles. The quantitative estimate of drug-likeness (QED) is 0.793. The Morgan fingerprint density at radius 1 is 1.37 bits per heavy atom. The molecule has 1 aliphatic rings. The van der Waals surface area contributed by atoms with Crippen LogP contribution < -0.4 is 5.73 Å². The lowest BCUT2D eigenvalue weighted by molar-refractivity contribution is 0.0126. The zero-order valence-electron chi connectivity index (χ0n) is 10.6. The minimum atomic E-state index is -3.95. The molecule has 0 radical (unpaired) electrons. The van der Waals surface area contributed by atoms with Gasteiger partial charge in [0.05, 0.1) is 11.3 Å². The van der Waals surface area contributed by atoms with Gasteiger partial charge in [0, 0.05) is 13.1 Å². The molecule has 0 aliphatic carbocycles. The lowest BCUT2D eigenvalue weighted by Gasteiger charge is -2.35. The van der Waals surface area contributed by atoms with Gasteiger partial charge in [-0.05, 0) is 31.9 Å². The van der Waals surface area contributed by atoms with Gasteiger partial charge < -0.3 is 10.8 Å². The number of hydrogen-bond acceptors (Lipinski definition) is 4. The van der Waals surface area contributed by atoms with Crippen LogP contribution >= 0.6 is 0 Å². The van der Waals surface area contributed by atoms with Crippen LogP contribution in [0.15, 0.2) is 23.1 Å². The smallest absolute Gasteiger partial charge is 0.248 e. The zero-order chi connectivity index (χ0) is 14.3. The van der Waals surface area contributed by atoms with Crippen LogP contribution in [0.3, 0.4) is 0 Å². The summed E-state index contributed by atoms with van der Waals surface area (Å²) in [5.41, 5.74) is 4.60. The average Bonchev–Trinajstić information content (AvgIpc) is 2.27. The summed E-state index contributed by atoms with van der Waals surface area (Å²) >= 11 is 0. The molecule has 2 rings (SSSR count). The van der Waals surface area contributed by atoms with Gasteiger partial charge in [-0.3, -0.25) is 0 Å². The maximum atomic E-state index is 13.7. The van der Waals surface area contributed by atoms with Crippen LogP contribution in [-0.2, 0) is 10.0 Å². The Bertz CT molecular complexity index is 556. The molecule has 19 heavy (non-hydrogen) atoms. The Morgan fingerprint density at radius 2 is 1.95 bits per heavy atom. The van der Waals surface area contributed by atoms with Crippen molar-refractivity contribution < 1.29 is 17.9 Å². The van der Waals surface area contributed by atoms with E-state index in [0.717, 1.165) is 6.07 Å². The third-order valence-corrected chi connectivity index (χ3v) is 5.39. The molecule has 0 unspecified atom stereocenters. The number of hydrogen-bond donors (Lipinski definition) is 2. The van der Waals surface area contributed by atoms with E-state index in [2.05, 4.69) is 0 Å². The van der Waals surface area contributed by atoms with E-state index >= 15 is 0 Å². The average molecular weight is 288 g/mol. The van der Waals surface area contributed by atoms with E-state index in [4.69, 9.17) is 5.73 Å². The normalized spacial score (nSPS) is 20.4. The highest BCUT2D eigenvalue weighted by Crippen LogP contribution is 2.29. The Labute approximate surface area is 111 Å². The molecule has 0 atom stereocenters. The molecule has 1 aromatic carbocycles. The van der Waals surface area contributed by atoms with Crippen LogP contribution in [0.5, 0.6) is 0 Å². The van der Waals surface area contributed by atoms with Crippen LogP contribution in [0.4, 0.5) is 10.1 Å². The fourth-order valence-corrected chi connectivity index (χ4v) is 3.74. The fourth-order valence-electron chi connectivity index (χ4n) is 2.14. The number of nitrogen functional groups attached to an aromatic ring is 1. The Hall–Kier alpha value is -1.18. The highest BCUT2D eigenvalue weighted by atomic mass is 32.2. The summed E-state index contributed by atoms with van der Waals surface area (Å²) in [5, 5.41) is 9.82. The summed E-state index contributed by atoms with van der Waals surface area (Å²) in [4.78, 5) is -0.475. The van der Waals surface area contributed by atoms with Gasteiger partial charge in [0.2, 0.25) is 10.0 Å². The number of aliphatic hydroxyl groups is 1. The van der Waals surface area contributed by atoms with Gasteiger partial charge in [-0.15, -0.1) is 0 Å². The predicted molar refractivity (Wildman–Crippen MR) is 69.4 cm³/mol. The molecule has 0 bridgehead atoms. The topological polar surface area (TPSA) is 83.6 Å². The number of halogens is 1. The lowest BCUT2D eigenvalue weighted by Crippen LogP contribution is -2.45. The first kappa shape index (κ1) is 14.2. The minimum absolute atomic E-state index is 0.0997. The van der Waals surface area contributed by atoms with E-state index < -0.39 is 26.3 Å². The van der Waals surface area contributed by atoms with Gasteiger partial charge >= 0.3 is 0 Å². The first-order chi connectivity index (χ1) is 8.74. The first-order valence-corrected chi connectivity index (χ1v) is 7.44. The Morgan fingerprint density at radius 3 is 2.47 bits per heavy atom. The maximum absolute atomic E-state index is 13.7. The number of sulfonamides is 1. The largest absolute Gasteiger partial charge is 0.398 e. The molecule has 1 fully saturated rings. The van der Waals surface area contributed by atoms with Crippen molar-refractivity contribution in [2.24, 2.45) is 0 Å². The van der Waals surface area contributed by atoms with Crippen molar-refractivity contribution in [2.75, 3.05) is 18.8 Å². The molecule has 5 nitrogen and oxygen atoms in total. The van der Waals surface area contributed by atoms with Gasteiger partial charge in [0.1, 0.15) is 10.7 Å². The third-order valence-electron chi connectivity index (χ3n) is 3.39. The van der Waals surface area contributed by atoms with E-state index in [1.54, 1.807) is 6.92 Å². The second-order valence-corrected chi connectivity index (χ2v) is 6.93. The van der Waals surface area contributed by atoms with Crippen LogP contribution in [0.25, 0.3) is 0 Å². The molecule has 1 aromatic rings. The van der Waals surface area contributed by atoms with E-state index in [1.165, 1.54) is 16.4 Å². The first-order valence-electron chi connectivity index (χ1n) is 6.00. The summed E-state index contributed by atoms with van der Waals surface area (Å²) in [6.45, 7) is 1.97. The number of anilines is 1. The summed E-state index contributed by atoms with van der Waals surface area (Å²) in [6, 6.07) is 3.80. The molecule has 106 valence electrons.